The standard InChI is InChI=1S/C14H19BrN2O2/c1-14(2)13(18)17(7-6-16-14)9-10-8-11(19-3)4-5-12(10)15/h4-5,8,16H,6-7,9H2,1-3H3. The summed E-state index contributed by atoms with van der Waals surface area (Å²) in [7, 11) is 1.64. The minimum Gasteiger partial charge on any atom is -0.497 e. The van der Waals surface area contributed by atoms with Gasteiger partial charge < -0.3 is 15.0 Å². The number of halogens is 1. The Hall–Kier alpha value is -1.07. The van der Waals surface area contributed by atoms with Gasteiger partial charge in [-0.15, -0.1) is 0 Å². The van der Waals surface area contributed by atoms with Gasteiger partial charge in [-0.25, -0.2) is 0 Å². The van der Waals surface area contributed by atoms with Crippen molar-refractivity contribution >= 4 is 21.8 Å². The SMILES string of the molecule is COc1ccc(Br)c(CN2CCNC(C)(C)C2=O)c1. The summed E-state index contributed by atoms with van der Waals surface area (Å²) in [6.07, 6.45) is 0. The fraction of sp³-hybridized carbons (Fsp3) is 0.500. The molecule has 1 amide bonds. The largest absolute Gasteiger partial charge is 0.497 e. The Morgan fingerprint density at radius 2 is 2.21 bits per heavy atom. The van der Waals surface area contributed by atoms with Crippen molar-refractivity contribution in [3.8, 4) is 5.75 Å². The van der Waals surface area contributed by atoms with Crippen molar-refractivity contribution in [2.45, 2.75) is 25.9 Å². The van der Waals surface area contributed by atoms with Crippen LogP contribution < -0.4 is 10.1 Å². The molecule has 0 radical (unpaired) electrons. The Morgan fingerprint density at radius 1 is 1.47 bits per heavy atom. The van der Waals surface area contributed by atoms with Crippen LogP contribution in [0.3, 0.4) is 0 Å². The summed E-state index contributed by atoms with van der Waals surface area (Å²) >= 11 is 3.53. The van der Waals surface area contributed by atoms with Crippen LogP contribution in [0, 0.1) is 0 Å². The first-order chi connectivity index (χ1) is 8.94. The second-order valence-corrected chi connectivity index (χ2v) is 6.09. The molecule has 1 aliphatic rings. The van der Waals surface area contributed by atoms with Gasteiger partial charge in [-0.05, 0) is 37.6 Å². The lowest BCUT2D eigenvalue weighted by Crippen LogP contribution is -2.60. The van der Waals surface area contributed by atoms with E-state index in [9.17, 15) is 4.79 Å². The van der Waals surface area contributed by atoms with Gasteiger partial charge in [-0.1, -0.05) is 15.9 Å². The van der Waals surface area contributed by atoms with E-state index in [4.69, 9.17) is 4.74 Å². The maximum absolute atomic E-state index is 12.3. The van der Waals surface area contributed by atoms with Crippen molar-refractivity contribution in [3.05, 3.63) is 28.2 Å². The molecule has 0 spiro atoms. The molecule has 2 rings (SSSR count). The van der Waals surface area contributed by atoms with E-state index >= 15 is 0 Å². The molecule has 0 atom stereocenters. The minimum absolute atomic E-state index is 0.133. The molecule has 104 valence electrons. The smallest absolute Gasteiger partial charge is 0.242 e. The van der Waals surface area contributed by atoms with Crippen LogP contribution in [0.25, 0.3) is 0 Å². The molecule has 4 nitrogen and oxygen atoms in total. The molecule has 1 aromatic carbocycles. The maximum atomic E-state index is 12.3. The maximum Gasteiger partial charge on any atom is 0.242 e. The molecule has 1 fully saturated rings. The van der Waals surface area contributed by atoms with E-state index in [1.54, 1.807) is 7.11 Å². The zero-order valence-electron chi connectivity index (χ0n) is 11.5. The van der Waals surface area contributed by atoms with Gasteiger partial charge in [-0.3, -0.25) is 4.79 Å². The third-order valence-electron chi connectivity index (χ3n) is 3.38. The highest BCUT2D eigenvalue weighted by Gasteiger charge is 2.35. The quantitative estimate of drug-likeness (QED) is 0.925. The number of methoxy groups -OCH3 is 1. The Kier molecular flexibility index (Phi) is 4.16. The summed E-state index contributed by atoms with van der Waals surface area (Å²) < 4.78 is 6.23. The minimum atomic E-state index is -0.483. The van der Waals surface area contributed by atoms with Gasteiger partial charge in [-0.2, -0.15) is 0 Å². The van der Waals surface area contributed by atoms with E-state index in [1.165, 1.54) is 0 Å². The first kappa shape index (κ1) is 14.3. The van der Waals surface area contributed by atoms with Crippen LogP contribution in [-0.2, 0) is 11.3 Å². The molecule has 5 heteroatoms. The molecule has 0 unspecified atom stereocenters. The predicted molar refractivity (Wildman–Crippen MR) is 78.2 cm³/mol. The number of rotatable bonds is 3. The van der Waals surface area contributed by atoms with E-state index in [0.717, 1.165) is 28.9 Å². The van der Waals surface area contributed by atoms with Crippen LogP contribution in [-0.4, -0.2) is 36.5 Å². The van der Waals surface area contributed by atoms with Gasteiger partial charge in [0.05, 0.1) is 12.6 Å². The number of nitrogens with zero attached hydrogens (tertiary/aromatic N) is 1. The first-order valence-electron chi connectivity index (χ1n) is 6.31. The molecule has 0 bridgehead atoms. The topological polar surface area (TPSA) is 41.6 Å². The molecule has 1 aromatic rings. The van der Waals surface area contributed by atoms with Crippen LogP contribution >= 0.6 is 15.9 Å². The van der Waals surface area contributed by atoms with Crippen LogP contribution in [0.5, 0.6) is 5.75 Å². The summed E-state index contributed by atoms with van der Waals surface area (Å²) in [5.41, 5.74) is 0.578. The summed E-state index contributed by atoms with van der Waals surface area (Å²) in [5.74, 6) is 0.938. The number of ether oxygens (including phenoxy) is 1. The van der Waals surface area contributed by atoms with E-state index in [2.05, 4.69) is 21.2 Å². The fourth-order valence-corrected chi connectivity index (χ4v) is 2.60. The highest BCUT2D eigenvalue weighted by atomic mass is 79.9. The highest BCUT2D eigenvalue weighted by molar-refractivity contribution is 9.10. The number of carbonyl (C=O) groups is 1. The van der Waals surface area contributed by atoms with Crippen molar-refractivity contribution < 1.29 is 9.53 Å². The summed E-state index contributed by atoms with van der Waals surface area (Å²) in [6, 6.07) is 5.81. The van der Waals surface area contributed by atoms with Crippen molar-refractivity contribution in [1.82, 2.24) is 10.2 Å². The lowest BCUT2D eigenvalue weighted by molar-refractivity contribution is -0.140. The van der Waals surface area contributed by atoms with E-state index in [-0.39, 0.29) is 5.91 Å². The first-order valence-corrected chi connectivity index (χ1v) is 7.10. The molecular weight excluding hydrogens is 308 g/mol. The molecular formula is C14H19BrN2O2. The second kappa shape index (κ2) is 5.51. The lowest BCUT2D eigenvalue weighted by Gasteiger charge is -2.38. The predicted octanol–water partition coefficient (Wildman–Crippen LogP) is 2.17. The normalized spacial score (nSPS) is 18.5. The number of nitrogens with one attached hydrogen (secondary N) is 1. The van der Waals surface area contributed by atoms with Gasteiger partial charge in [0.25, 0.3) is 0 Å². The monoisotopic (exact) mass is 326 g/mol. The van der Waals surface area contributed by atoms with Gasteiger partial charge >= 0.3 is 0 Å². The molecule has 19 heavy (non-hydrogen) atoms. The summed E-state index contributed by atoms with van der Waals surface area (Å²) in [5, 5.41) is 3.23. The van der Waals surface area contributed by atoms with Crippen molar-refractivity contribution in [1.29, 1.82) is 0 Å². The molecule has 1 heterocycles. The Balaban J connectivity index is 2.19. The van der Waals surface area contributed by atoms with Gasteiger partial charge in [0.15, 0.2) is 0 Å². The second-order valence-electron chi connectivity index (χ2n) is 5.24. The Morgan fingerprint density at radius 3 is 2.89 bits per heavy atom. The zero-order valence-corrected chi connectivity index (χ0v) is 13.1. The number of hydrogen-bond donors (Lipinski definition) is 1. The van der Waals surface area contributed by atoms with E-state index in [1.807, 2.05) is 36.9 Å². The van der Waals surface area contributed by atoms with E-state index in [0.29, 0.717) is 6.54 Å². The average Bonchev–Trinajstić information content (AvgIpc) is 2.37. The third-order valence-corrected chi connectivity index (χ3v) is 4.16. The molecule has 1 saturated heterocycles. The van der Waals surface area contributed by atoms with Crippen LogP contribution in [0.2, 0.25) is 0 Å². The van der Waals surface area contributed by atoms with Gasteiger partial charge in [0.2, 0.25) is 5.91 Å². The molecule has 1 aliphatic heterocycles. The summed E-state index contributed by atoms with van der Waals surface area (Å²) in [6.45, 7) is 5.98. The third kappa shape index (κ3) is 3.09. The Labute approximate surface area is 122 Å². The number of carbonyl (C=O) groups excluding carboxylic acids is 1. The lowest BCUT2D eigenvalue weighted by atomic mass is 10.0. The molecule has 0 saturated carbocycles. The number of hydrogen-bond acceptors (Lipinski definition) is 3. The van der Waals surface area contributed by atoms with Crippen molar-refractivity contribution in [2.24, 2.45) is 0 Å². The molecule has 0 aromatic heterocycles. The molecule has 1 N–H and O–H groups in total. The number of amides is 1. The highest BCUT2D eigenvalue weighted by Crippen LogP contribution is 2.25. The number of piperazine rings is 1. The van der Waals surface area contributed by atoms with Crippen LogP contribution in [0.4, 0.5) is 0 Å². The summed E-state index contributed by atoms with van der Waals surface area (Å²) in [4.78, 5) is 14.2. The van der Waals surface area contributed by atoms with Crippen molar-refractivity contribution in [2.75, 3.05) is 20.2 Å². The van der Waals surface area contributed by atoms with E-state index < -0.39 is 5.54 Å². The van der Waals surface area contributed by atoms with Crippen LogP contribution in [0.1, 0.15) is 19.4 Å². The van der Waals surface area contributed by atoms with Crippen molar-refractivity contribution in [3.63, 3.8) is 0 Å². The number of benzene rings is 1. The Bertz CT molecular complexity index is 488. The van der Waals surface area contributed by atoms with Gasteiger partial charge in [0.1, 0.15) is 5.75 Å². The zero-order chi connectivity index (χ0) is 14.0. The molecule has 0 aliphatic carbocycles. The average molecular weight is 327 g/mol. The van der Waals surface area contributed by atoms with Crippen LogP contribution in [0.15, 0.2) is 22.7 Å². The fourth-order valence-electron chi connectivity index (χ4n) is 2.23. The van der Waals surface area contributed by atoms with Gasteiger partial charge in [0, 0.05) is 24.1 Å².